The molecule has 0 fully saturated rings. The summed E-state index contributed by atoms with van der Waals surface area (Å²) in [5, 5.41) is 0. The third-order valence-electron chi connectivity index (χ3n) is 1.35. The number of rotatable bonds is 1. The van der Waals surface area contributed by atoms with Crippen LogP contribution in [-0.4, -0.2) is 27.7 Å². The monoisotopic (exact) mass is 184 g/mol. The summed E-state index contributed by atoms with van der Waals surface area (Å²) in [4.78, 5) is 11.3. The van der Waals surface area contributed by atoms with Crippen LogP contribution in [0.3, 0.4) is 0 Å². The molecule has 2 aliphatic rings. The zero-order valence-corrected chi connectivity index (χ0v) is 6.60. The summed E-state index contributed by atoms with van der Waals surface area (Å²) in [6.45, 7) is 0. The summed E-state index contributed by atoms with van der Waals surface area (Å²) in [6, 6.07) is 0. The van der Waals surface area contributed by atoms with E-state index in [1.165, 1.54) is 18.9 Å². The van der Waals surface area contributed by atoms with Crippen molar-refractivity contribution in [1.29, 1.82) is 0 Å². The van der Waals surface area contributed by atoms with Crippen molar-refractivity contribution in [1.82, 2.24) is 18.9 Å². The molecule has 0 aromatic heterocycles. The van der Waals surface area contributed by atoms with Crippen molar-refractivity contribution in [2.24, 2.45) is 0 Å². The first-order valence-electron chi connectivity index (χ1n) is 3.03. The maximum absolute atomic E-state index is 10.7. The van der Waals surface area contributed by atoms with E-state index >= 15 is 0 Å². The third-order valence-corrected chi connectivity index (χ3v) is 1.96. The molecule has 2 heterocycles. The summed E-state index contributed by atoms with van der Waals surface area (Å²) < 4.78 is 20.5. The lowest BCUT2D eigenvalue weighted by molar-refractivity contribution is 0.553. The van der Waals surface area contributed by atoms with E-state index < -0.39 is 11.3 Å². The van der Waals surface area contributed by atoms with Gasteiger partial charge in [0.1, 0.15) is 18.3 Å². The second-order valence-electron chi connectivity index (χ2n) is 2.03. The minimum absolute atomic E-state index is 0.353. The van der Waals surface area contributed by atoms with Gasteiger partial charge in [-0.1, -0.05) is 0 Å². The van der Waals surface area contributed by atoms with Crippen molar-refractivity contribution < 1.29 is 8.76 Å². The highest BCUT2D eigenvalue weighted by atomic mass is 32.2. The molecule has 0 aromatic carbocycles. The van der Waals surface area contributed by atoms with Gasteiger partial charge in [0, 0.05) is 0 Å². The van der Waals surface area contributed by atoms with Crippen LogP contribution in [0.1, 0.15) is 0 Å². The number of imidazole rings is 1. The Kier molecular flexibility index (Phi) is 1.59. The van der Waals surface area contributed by atoms with E-state index in [2.05, 4.69) is 15.0 Å². The van der Waals surface area contributed by atoms with Gasteiger partial charge in [-0.2, -0.15) is 0 Å². The van der Waals surface area contributed by atoms with Gasteiger partial charge < -0.3 is 0 Å². The Morgan fingerprint density at radius 3 is 3.08 bits per heavy atom. The lowest BCUT2D eigenvalue weighted by Crippen LogP contribution is -2.08. The van der Waals surface area contributed by atoms with Crippen molar-refractivity contribution in [3.8, 4) is 11.5 Å². The first kappa shape index (κ1) is 7.32. The van der Waals surface area contributed by atoms with E-state index in [0.717, 1.165) is 3.97 Å². The van der Waals surface area contributed by atoms with Crippen LogP contribution >= 0.6 is 0 Å². The van der Waals surface area contributed by atoms with Gasteiger partial charge in [-0.3, -0.25) is 4.55 Å². The molecule has 7 heteroatoms. The molecule has 0 saturated heterocycles. The Hall–Kier alpha value is -1.34. The second kappa shape index (κ2) is 2.61. The molecule has 0 radical (unpaired) electrons. The molecule has 62 valence electrons. The van der Waals surface area contributed by atoms with Crippen LogP contribution in [0.5, 0.6) is 0 Å². The van der Waals surface area contributed by atoms with Gasteiger partial charge >= 0.3 is 0 Å². The van der Waals surface area contributed by atoms with Crippen molar-refractivity contribution in [3.63, 3.8) is 0 Å². The van der Waals surface area contributed by atoms with E-state index in [0.29, 0.717) is 11.5 Å². The van der Waals surface area contributed by atoms with E-state index in [-0.39, 0.29) is 0 Å². The summed E-state index contributed by atoms with van der Waals surface area (Å²) in [5.41, 5.74) is 0.500. The van der Waals surface area contributed by atoms with E-state index in [1.54, 1.807) is 0 Å². The zero-order valence-electron chi connectivity index (χ0n) is 5.78. The quantitative estimate of drug-likeness (QED) is 0.619. The number of hydrogen-bond acceptors (Lipinski definition) is 4. The maximum Gasteiger partial charge on any atom is 0.268 e. The standard InChI is InChI=1S/C5H4N4O2S/c10-12(11)9-3-6-1-4-5(9)8-2-7-4/h1-3H,(H,10,11). The lowest BCUT2D eigenvalue weighted by atomic mass is 10.4. The highest BCUT2D eigenvalue weighted by Gasteiger charge is 2.12. The average Bonchev–Trinajstić information content (AvgIpc) is 2.49. The van der Waals surface area contributed by atoms with Gasteiger partial charge in [0.15, 0.2) is 5.82 Å². The molecule has 0 spiro atoms. The van der Waals surface area contributed by atoms with E-state index in [9.17, 15) is 4.21 Å². The van der Waals surface area contributed by atoms with Gasteiger partial charge in [-0.15, -0.1) is 0 Å². The topological polar surface area (TPSA) is 80.9 Å². The molecule has 0 aliphatic carbocycles. The van der Waals surface area contributed by atoms with Crippen molar-refractivity contribution in [2.45, 2.75) is 0 Å². The predicted molar refractivity (Wildman–Crippen MR) is 40.6 cm³/mol. The van der Waals surface area contributed by atoms with Gasteiger partial charge in [0.25, 0.3) is 11.3 Å². The maximum atomic E-state index is 10.7. The molecule has 2 aliphatic heterocycles. The molecule has 1 unspecified atom stereocenters. The molecule has 0 amide bonds. The molecule has 2 rings (SSSR count). The first-order valence-corrected chi connectivity index (χ1v) is 4.10. The molecular weight excluding hydrogens is 180 g/mol. The van der Waals surface area contributed by atoms with Crippen LogP contribution in [0, 0.1) is 0 Å². The molecule has 6 nitrogen and oxygen atoms in total. The Labute approximate surface area is 70.1 Å². The normalized spacial score (nSPS) is 13.4. The van der Waals surface area contributed by atoms with Crippen LogP contribution in [0.2, 0.25) is 0 Å². The first-order chi connectivity index (χ1) is 5.79. The van der Waals surface area contributed by atoms with Crippen LogP contribution in [-0.2, 0) is 11.3 Å². The molecule has 1 atom stereocenters. The number of nitrogens with zero attached hydrogens (tertiary/aromatic N) is 4. The van der Waals surface area contributed by atoms with Crippen molar-refractivity contribution in [2.75, 3.05) is 0 Å². The Morgan fingerprint density at radius 2 is 2.33 bits per heavy atom. The van der Waals surface area contributed by atoms with Gasteiger partial charge in [0.05, 0.1) is 6.20 Å². The van der Waals surface area contributed by atoms with Gasteiger partial charge in [0.2, 0.25) is 0 Å². The molecule has 12 heavy (non-hydrogen) atoms. The van der Waals surface area contributed by atoms with Gasteiger partial charge in [-0.25, -0.2) is 23.1 Å². The second-order valence-corrected chi connectivity index (χ2v) is 2.89. The highest BCUT2D eigenvalue weighted by Crippen LogP contribution is 2.13. The molecule has 0 bridgehead atoms. The molecule has 1 N–H and O–H groups in total. The van der Waals surface area contributed by atoms with Crippen molar-refractivity contribution >= 4 is 11.3 Å². The smallest absolute Gasteiger partial charge is 0.268 e. The summed E-state index contributed by atoms with van der Waals surface area (Å²) in [7, 11) is 0. The van der Waals surface area contributed by atoms with Crippen LogP contribution in [0.15, 0.2) is 18.9 Å². The summed E-state index contributed by atoms with van der Waals surface area (Å²) in [5.74, 6) is 0.353. The minimum Gasteiger partial charge on any atom is -0.289 e. The third kappa shape index (κ3) is 0.990. The molecular formula is C5H4N4O2S. The van der Waals surface area contributed by atoms with E-state index in [1.807, 2.05) is 0 Å². The average molecular weight is 184 g/mol. The lowest BCUT2D eigenvalue weighted by Gasteiger charge is -2.02. The Bertz CT molecular complexity index is 400. The van der Waals surface area contributed by atoms with Crippen molar-refractivity contribution in [3.05, 3.63) is 18.9 Å². The zero-order chi connectivity index (χ0) is 8.55. The fourth-order valence-corrected chi connectivity index (χ4v) is 1.29. The largest absolute Gasteiger partial charge is 0.289 e. The van der Waals surface area contributed by atoms with Crippen LogP contribution < -0.4 is 0 Å². The fraction of sp³-hybridized carbons (Fsp3) is 0. The SMILES string of the molecule is O=S(O)n1cncc2ncnc1-2. The van der Waals surface area contributed by atoms with E-state index in [4.69, 9.17) is 4.55 Å². The summed E-state index contributed by atoms with van der Waals surface area (Å²) >= 11 is -2.13. The molecule has 0 saturated carbocycles. The number of fused-ring (bicyclic) bond motifs is 1. The van der Waals surface area contributed by atoms with Crippen LogP contribution in [0.25, 0.3) is 11.5 Å². The number of hydrogen-bond donors (Lipinski definition) is 1. The fourth-order valence-electron chi connectivity index (χ4n) is 0.864. The van der Waals surface area contributed by atoms with Gasteiger partial charge in [-0.05, 0) is 0 Å². The highest BCUT2D eigenvalue weighted by molar-refractivity contribution is 7.77. The minimum atomic E-state index is -2.13. The summed E-state index contributed by atoms with van der Waals surface area (Å²) in [6.07, 6.45) is 4.02. The van der Waals surface area contributed by atoms with Crippen LogP contribution in [0.4, 0.5) is 0 Å². The predicted octanol–water partition coefficient (Wildman–Crippen LogP) is -0.237. The number of aromatic nitrogens is 4. The Balaban J connectivity index is 2.71. The molecule has 0 aromatic rings. The Morgan fingerprint density at radius 1 is 1.50 bits per heavy atom.